The van der Waals surface area contributed by atoms with E-state index in [-0.39, 0.29) is 28.1 Å². The van der Waals surface area contributed by atoms with Crippen LogP contribution >= 0.6 is 0 Å². The van der Waals surface area contributed by atoms with E-state index in [2.05, 4.69) is 0 Å². The van der Waals surface area contributed by atoms with Gasteiger partial charge in [0.2, 0.25) is 0 Å². The van der Waals surface area contributed by atoms with E-state index < -0.39 is 39.6 Å². The molecule has 1 heterocycles. The number of esters is 2. The van der Waals surface area contributed by atoms with Crippen molar-refractivity contribution in [3.05, 3.63) is 65.4 Å². The zero-order chi connectivity index (χ0) is 23.3. The van der Waals surface area contributed by atoms with Gasteiger partial charge >= 0.3 is 11.9 Å². The average molecular weight is 455 g/mol. The molecule has 3 aromatic rings. The number of Topliss-reactive ketones (excluding diaryl/α,β-unsaturated/α-hetero) is 1. The van der Waals surface area contributed by atoms with E-state index in [1.807, 2.05) is 6.92 Å². The van der Waals surface area contributed by atoms with Crippen LogP contribution in [-0.4, -0.2) is 44.3 Å². The molecule has 0 atom stereocenters. The smallest absolute Gasteiger partial charge is 0.324 e. The Labute approximate surface area is 184 Å². The fourth-order valence-electron chi connectivity index (χ4n) is 4.30. The zero-order valence-electron chi connectivity index (χ0n) is 17.7. The molecule has 0 spiro atoms. The van der Waals surface area contributed by atoms with E-state index in [9.17, 15) is 22.8 Å². The summed E-state index contributed by atoms with van der Waals surface area (Å²) in [5.41, 5.74) is -0.563. The molecule has 4 rings (SSSR count). The standard InChI is InChI=1S/C23H21NO7S/c1-14-8-10-15(11-9-14)32(28,29)24-17-7-5-4-6-16(17)20-18(24)12-23(13-19(20)25,21(26)30-2)22(27)31-3/h4-11H,12-13H2,1-3H3. The van der Waals surface area contributed by atoms with E-state index in [0.717, 1.165) is 23.8 Å². The molecule has 0 bridgehead atoms. The van der Waals surface area contributed by atoms with Crippen LogP contribution in [0.4, 0.5) is 0 Å². The van der Waals surface area contributed by atoms with E-state index in [4.69, 9.17) is 9.47 Å². The normalized spacial score (nSPS) is 15.3. The fraction of sp³-hybridized carbons (Fsp3) is 0.261. The molecule has 1 aromatic heterocycles. The number of carbonyl (C=O) groups is 3. The third-order valence-corrected chi connectivity index (χ3v) is 7.61. The number of nitrogens with zero attached hydrogens (tertiary/aromatic N) is 1. The molecule has 0 saturated carbocycles. The first-order chi connectivity index (χ1) is 15.2. The summed E-state index contributed by atoms with van der Waals surface area (Å²) in [5, 5.41) is 0.437. The predicted molar refractivity (Wildman–Crippen MR) is 115 cm³/mol. The maximum Gasteiger partial charge on any atom is 0.324 e. The van der Waals surface area contributed by atoms with E-state index in [1.165, 1.54) is 12.1 Å². The molecule has 9 heteroatoms. The molecular weight excluding hydrogens is 434 g/mol. The van der Waals surface area contributed by atoms with Crippen molar-refractivity contribution in [1.29, 1.82) is 0 Å². The van der Waals surface area contributed by atoms with E-state index in [0.29, 0.717) is 5.39 Å². The minimum atomic E-state index is -4.16. The minimum absolute atomic E-state index is 0.0198. The number of para-hydroxylation sites is 1. The van der Waals surface area contributed by atoms with Crippen molar-refractivity contribution in [3.63, 3.8) is 0 Å². The van der Waals surface area contributed by atoms with Gasteiger partial charge in [0.05, 0.1) is 24.6 Å². The van der Waals surface area contributed by atoms with Gasteiger partial charge in [-0.15, -0.1) is 0 Å². The number of fused-ring (bicyclic) bond motifs is 3. The second-order valence-electron chi connectivity index (χ2n) is 7.76. The Morgan fingerprint density at radius 1 is 0.938 bits per heavy atom. The SMILES string of the molecule is COC(=O)C1(C(=O)OC)CC(=O)c2c(n(S(=O)(=O)c3ccc(C)cc3)c3ccccc23)C1. The average Bonchev–Trinajstić information content (AvgIpc) is 3.13. The summed E-state index contributed by atoms with van der Waals surface area (Å²) in [6.07, 6.45) is -0.828. The highest BCUT2D eigenvalue weighted by molar-refractivity contribution is 7.90. The van der Waals surface area contributed by atoms with Crippen LogP contribution in [0, 0.1) is 12.3 Å². The summed E-state index contributed by atoms with van der Waals surface area (Å²) in [4.78, 5) is 38.7. The molecule has 0 unspecified atom stereocenters. The summed E-state index contributed by atoms with van der Waals surface area (Å²) < 4.78 is 38.1. The van der Waals surface area contributed by atoms with Crippen molar-refractivity contribution in [2.24, 2.45) is 5.41 Å². The lowest BCUT2D eigenvalue weighted by Gasteiger charge is -2.31. The van der Waals surface area contributed by atoms with Crippen LogP contribution in [-0.2, 0) is 35.5 Å². The van der Waals surface area contributed by atoms with Crippen LogP contribution in [0.3, 0.4) is 0 Å². The van der Waals surface area contributed by atoms with Gasteiger partial charge in [0.1, 0.15) is 0 Å². The number of aryl methyl sites for hydroxylation is 1. The lowest BCUT2D eigenvalue weighted by molar-refractivity contribution is -0.169. The van der Waals surface area contributed by atoms with Gasteiger partial charge in [-0.1, -0.05) is 35.9 Å². The Bertz CT molecular complexity index is 1350. The second kappa shape index (κ2) is 7.59. The summed E-state index contributed by atoms with van der Waals surface area (Å²) in [5.74, 6) is -2.43. The maximum absolute atomic E-state index is 13.7. The molecule has 0 amide bonds. The van der Waals surface area contributed by atoms with Crippen LogP contribution in [0.2, 0.25) is 0 Å². The van der Waals surface area contributed by atoms with Gasteiger partial charge in [0.15, 0.2) is 11.2 Å². The molecule has 0 radical (unpaired) electrons. The Hall–Kier alpha value is -3.46. The Morgan fingerprint density at radius 3 is 2.12 bits per heavy atom. The molecular formula is C23H21NO7S. The first-order valence-corrected chi connectivity index (χ1v) is 11.3. The van der Waals surface area contributed by atoms with Crippen molar-refractivity contribution in [1.82, 2.24) is 3.97 Å². The molecule has 166 valence electrons. The number of benzene rings is 2. The molecule has 0 fully saturated rings. The lowest BCUT2D eigenvalue weighted by atomic mass is 9.72. The molecule has 0 aliphatic heterocycles. The molecule has 1 aliphatic carbocycles. The Kier molecular flexibility index (Phi) is 5.16. The summed E-state index contributed by atoms with van der Waals surface area (Å²) in [6, 6.07) is 12.9. The second-order valence-corrected chi connectivity index (χ2v) is 9.55. The van der Waals surface area contributed by atoms with E-state index in [1.54, 1.807) is 36.4 Å². The van der Waals surface area contributed by atoms with Crippen molar-refractivity contribution in [2.45, 2.75) is 24.7 Å². The number of ether oxygens (including phenoxy) is 2. The first kappa shape index (κ1) is 21.8. The third-order valence-electron chi connectivity index (χ3n) is 5.85. The number of aromatic nitrogens is 1. The predicted octanol–water partition coefficient (Wildman–Crippen LogP) is 2.65. The highest BCUT2D eigenvalue weighted by Crippen LogP contribution is 2.43. The molecule has 1 aliphatic rings. The minimum Gasteiger partial charge on any atom is -0.468 e. The summed E-state index contributed by atoms with van der Waals surface area (Å²) in [6.45, 7) is 1.84. The van der Waals surface area contributed by atoms with Gasteiger partial charge in [0.25, 0.3) is 10.0 Å². The topological polar surface area (TPSA) is 109 Å². The third kappa shape index (κ3) is 3.03. The molecule has 8 nitrogen and oxygen atoms in total. The van der Waals surface area contributed by atoms with Crippen LogP contribution in [0.1, 0.15) is 28.0 Å². The number of methoxy groups -OCH3 is 2. The number of carbonyl (C=O) groups excluding carboxylic acids is 3. The van der Waals surface area contributed by atoms with Crippen molar-refractivity contribution in [3.8, 4) is 0 Å². The maximum atomic E-state index is 13.7. The number of hydrogen-bond donors (Lipinski definition) is 0. The van der Waals surface area contributed by atoms with Gasteiger partial charge in [-0.05, 0) is 25.1 Å². The number of hydrogen-bond acceptors (Lipinski definition) is 7. The lowest BCUT2D eigenvalue weighted by Crippen LogP contribution is -2.47. The van der Waals surface area contributed by atoms with Crippen LogP contribution in [0.25, 0.3) is 10.9 Å². The highest BCUT2D eigenvalue weighted by atomic mass is 32.2. The van der Waals surface area contributed by atoms with Crippen molar-refractivity contribution in [2.75, 3.05) is 14.2 Å². The Balaban J connectivity index is 2.06. The van der Waals surface area contributed by atoms with Crippen LogP contribution in [0.15, 0.2) is 53.4 Å². The van der Waals surface area contributed by atoms with Gasteiger partial charge in [-0.25, -0.2) is 12.4 Å². The van der Waals surface area contributed by atoms with Gasteiger partial charge in [-0.2, -0.15) is 0 Å². The first-order valence-electron chi connectivity index (χ1n) is 9.82. The molecule has 32 heavy (non-hydrogen) atoms. The fourth-order valence-corrected chi connectivity index (χ4v) is 5.85. The summed E-state index contributed by atoms with van der Waals surface area (Å²) >= 11 is 0. The monoisotopic (exact) mass is 455 g/mol. The quantitative estimate of drug-likeness (QED) is 0.439. The highest BCUT2D eigenvalue weighted by Gasteiger charge is 2.55. The number of rotatable bonds is 4. The van der Waals surface area contributed by atoms with Crippen LogP contribution < -0.4 is 0 Å². The largest absolute Gasteiger partial charge is 0.468 e. The molecule has 0 N–H and O–H groups in total. The van der Waals surface area contributed by atoms with Gasteiger partial charge in [-0.3, -0.25) is 14.4 Å². The number of ketones is 1. The van der Waals surface area contributed by atoms with Crippen molar-refractivity contribution >= 4 is 38.6 Å². The van der Waals surface area contributed by atoms with Gasteiger partial charge < -0.3 is 9.47 Å². The van der Waals surface area contributed by atoms with E-state index >= 15 is 0 Å². The molecule has 0 saturated heterocycles. The van der Waals surface area contributed by atoms with Crippen molar-refractivity contribution < 1.29 is 32.3 Å². The zero-order valence-corrected chi connectivity index (χ0v) is 18.6. The van der Waals surface area contributed by atoms with Crippen LogP contribution in [0.5, 0.6) is 0 Å². The summed E-state index contributed by atoms with van der Waals surface area (Å²) in [7, 11) is -1.95. The Morgan fingerprint density at radius 2 is 1.53 bits per heavy atom. The molecule has 2 aromatic carbocycles. The van der Waals surface area contributed by atoms with Gasteiger partial charge in [0, 0.05) is 29.5 Å².